The van der Waals surface area contributed by atoms with Gasteiger partial charge in [0.05, 0.1) is 13.1 Å². The highest BCUT2D eigenvalue weighted by Gasteiger charge is 2.51. The fraction of sp³-hybridized carbons (Fsp3) is 0.538. The van der Waals surface area contributed by atoms with Crippen molar-refractivity contribution in [3.63, 3.8) is 0 Å². The number of amides is 1. The minimum Gasteiger partial charge on any atom is -0.454 e. The van der Waals surface area contributed by atoms with Gasteiger partial charge in [-0.25, -0.2) is 9.18 Å². The molecule has 1 N–H and O–H groups in total. The number of nitrogens with one attached hydrogen (secondary N) is 1. The van der Waals surface area contributed by atoms with Gasteiger partial charge in [0, 0.05) is 53.9 Å². The molecule has 4 saturated heterocycles. The summed E-state index contributed by atoms with van der Waals surface area (Å²) in [5.74, 6) is 1.70. The number of piperidine rings is 3. The van der Waals surface area contributed by atoms with E-state index >= 15 is 0 Å². The molecule has 0 radical (unpaired) electrons. The number of esters is 1. The number of hydrogen-bond donors (Lipinski definition) is 1. The van der Waals surface area contributed by atoms with Crippen molar-refractivity contribution in [2.45, 2.75) is 31.4 Å². The molecular weight excluding hydrogens is 485 g/mol. The van der Waals surface area contributed by atoms with Gasteiger partial charge in [-0.05, 0) is 36.6 Å². The molecule has 188 valence electrons. The first-order valence-corrected chi connectivity index (χ1v) is 14.4. The average molecular weight is 519 g/mol. The SMILES string of the molecule is CC(C(=O)O[C@H]1C[N+]2(CC(=O)Nc3cccc(F)c3)CCC1CC2)(c1cccs1)N1CCSCC1. The Balaban J connectivity index is 1.28. The van der Waals surface area contributed by atoms with Crippen molar-refractivity contribution in [3.05, 3.63) is 52.5 Å². The molecule has 35 heavy (non-hydrogen) atoms. The van der Waals surface area contributed by atoms with Crippen molar-refractivity contribution in [1.82, 2.24) is 4.90 Å². The van der Waals surface area contributed by atoms with Crippen LogP contribution in [0.15, 0.2) is 41.8 Å². The van der Waals surface area contributed by atoms with Gasteiger partial charge in [-0.2, -0.15) is 11.8 Å². The summed E-state index contributed by atoms with van der Waals surface area (Å²) in [4.78, 5) is 30.0. The molecule has 5 heterocycles. The summed E-state index contributed by atoms with van der Waals surface area (Å²) in [5.41, 5.74) is -0.324. The Labute approximate surface area is 214 Å². The van der Waals surface area contributed by atoms with E-state index in [9.17, 15) is 14.0 Å². The smallest absolute Gasteiger partial charge is 0.332 e. The van der Waals surface area contributed by atoms with Crippen molar-refractivity contribution in [2.75, 3.05) is 56.1 Å². The topological polar surface area (TPSA) is 58.6 Å². The van der Waals surface area contributed by atoms with Gasteiger partial charge in [-0.15, -0.1) is 11.3 Å². The molecule has 0 saturated carbocycles. The number of carbonyl (C=O) groups excluding carboxylic acids is 2. The number of thioether (sulfide) groups is 1. The number of ether oxygens (including phenoxy) is 1. The number of carbonyl (C=O) groups is 2. The first-order chi connectivity index (χ1) is 16.9. The Morgan fingerprint density at radius 3 is 2.66 bits per heavy atom. The van der Waals surface area contributed by atoms with Crippen molar-refractivity contribution >= 4 is 40.7 Å². The third kappa shape index (κ3) is 5.14. The largest absolute Gasteiger partial charge is 0.454 e. The van der Waals surface area contributed by atoms with Gasteiger partial charge in [-0.3, -0.25) is 9.69 Å². The molecule has 4 fully saturated rings. The number of thiophene rings is 1. The van der Waals surface area contributed by atoms with Gasteiger partial charge in [-0.1, -0.05) is 12.1 Å². The van der Waals surface area contributed by atoms with Crippen LogP contribution in [0.25, 0.3) is 0 Å². The summed E-state index contributed by atoms with van der Waals surface area (Å²) in [6.07, 6.45) is 1.70. The van der Waals surface area contributed by atoms with Crippen LogP contribution in [0.4, 0.5) is 10.1 Å². The lowest BCUT2D eigenvalue weighted by atomic mass is 9.83. The maximum Gasteiger partial charge on any atom is 0.332 e. The standard InChI is InChI=1S/C26H32FN3O3S2/c1-26(23-6-3-13-35-23,29-9-14-34-15-10-29)25(32)33-22-17-30(11-7-19(22)8-12-30)18-24(31)28-21-5-2-4-20(27)16-21/h2-6,13,16,19,22H,7-12,14-15,17-18H2,1H3/p+1/t19?,22-,26?,30?/m0/s1. The number of anilines is 1. The van der Waals surface area contributed by atoms with Gasteiger partial charge in [0.15, 0.2) is 18.2 Å². The monoisotopic (exact) mass is 518 g/mol. The molecule has 2 bridgehead atoms. The molecule has 1 aromatic carbocycles. The van der Waals surface area contributed by atoms with Gasteiger partial charge >= 0.3 is 5.97 Å². The zero-order chi connectivity index (χ0) is 24.5. The predicted octanol–water partition coefficient (Wildman–Crippen LogP) is 3.94. The minimum absolute atomic E-state index is 0.129. The zero-order valence-electron chi connectivity index (χ0n) is 20.1. The summed E-state index contributed by atoms with van der Waals surface area (Å²) in [6, 6.07) is 10.0. The van der Waals surface area contributed by atoms with Gasteiger partial charge < -0.3 is 14.5 Å². The third-order valence-electron chi connectivity index (χ3n) is 7.93. The summed E-state index contributed by atoms with van der Waals surface area (Å²) in [7, 11) is 0. The molecule has 2 aromatic rings. The Hall–Kier alpha value is -1.94. The Bertz CT molecular complexity index is 1050. The Morgan fingerprint density at radius 2 is 1.97 bits per heavy atom. The number of benzene rings is 1. The Kier molecular flexibility index (Phi) is 7.21. The van der Waals surface area contributed by atoms with E-state index in [1.54, 1.807) is 23.5 Å². The number of rotatable bonds is 7. The quantitative estimate of drug-likeness (QED) is 0.445. The maximum absolute atomic E-state index is 13.8. The molecule has 6 rings (SSSR count). The second kappa shape index (κ2) is 10.2. The summed E-state index contributed by atoms with van der Waals surface area (Å²) in [6.45, 7) is 6.51. The first kappa shape index (κ1) is 24.7. The van der Waals surface area contributed by atoms with E-state index in [0.29, 0.717) is 29.2 Å². The number of halogens is 1. The van der Waals surface area contributed by atoms with Crippen LogP contribution in [0.2, 0.25) is 0 Å². The molecule has 2 atom stereocenters. The molecule has 0 aliphatic carbocycles. The molecule has 6 nitrogen and oxygen atoms in total. The molecular formula is C26H33FN3O3S2+. The Morgan fingerprint density at radius 1 is 1.20 bits per heavy atom. The molecule has 4 aliphatic heterocycles. The van der Waals surface area contributed by atoms with Crippen LogP contribution < -0.4 is 5.32 Å². The van der Waals surface area contributed by atoms with Crippen LogP contribution in [0.5, 0.6) is 0 Å². The lowest BCUT2D eigenvalue weighted by molar-refractivity contribution is -0.939. The highest BCUT2D eigenvalue weighted by Crippen LogP contribution is 2.39. The van der Waals surface area contributed by atoms with Gasteiger partial charge in [0.25, 0.3) is 5.91 Å². The predicted molar refractivity (Wildman–Crippen MR) is 138 cm³/mol. The lowest BCUT2D eigenvalue weighted by Gasteiger charge is -2.52. The molecule has 4 aliphatic rings. The summed E-state index contributed by atoms with van der Waals surface area (Å²) < 4.78 is 20.5. The van der Waals surface area contributed by atoms with Crippen molar-refractivity contribution in [1.29, 1.82) is 0 Å². The zero-order valence-corrected chi connectivity index (χ0v) is 21.7. The second-order valence-corrected chi connectivity index (χ2v) is 12.3. The molecule has 9 heteroatoms. The number of fused-ring (bicyclic) bond motifs is 3. The number of quaternary nitrogens is 1. The van der Waals surface area contributed by atoms with Crippen LogP contribution in [-0.2, 0) is 19.9 Å². The summed E-state index contributed by atoms with van der Waals surface area (Å²) >= 11 is 3.53. The van der Waals surface area contributed by atoms with Crippen LogP contribution >= 0.6 is 23.1 Å². The van der Waals surface area contributed by atoms with E-state index in [0.717, 1.165) is 55.4 Å². The minimum atomic E-state index is -0.791. The fourth-order valence-corrected chi connectivity index (χ4v) is 7.66. The molecule has 1 amide bonds. The van der Waals surface area contributed by atoms with Gasteiger partial charge in [0.1, 0.15) is 12.4 Å². The third-order valence-corrected chi connectivity index (χ3v) is 9.95. The molecule has 1 aromatic heterocycles. The van der Waals surface area contributed by atoms with Crippen LogP contribution in [-0.4, -0.2) is 78.1 Å². The van der Waals surface area contributed by atoms with Crippen molar-refractivity contribution in [2.24, 2.45) is 5.92 Å². The van der Waals surface area contributed by atoms with E-state index in [1.807, 2.05) is 36.2 Å². The normalized spacial score (nSPS) is 28.3. The first-order valence-electron chi connectivity index (χ1n) is 12.4. The van der Waals surface area contributed by atoms with Crippen molar-refractivity contribution < 1.29 is 23.2 Å². The van der Waals surface area contributed by atoms with Crippen LogP contribution in [0, 0.1) is 11.7 Å². The molecule has 1 unspecified atom stereocenters. The lowest BCUT2D eigenvalue weighted by Crippen LogP contribution is -2.66. The van der Waals surface area contributed by atoms with E-state index in [2.05, 4.69) is 10.2 Å². The maximum atomic E-state index is 13.8. The highest BCUT2D eigenvalue weighted by molar-refractivity contribution is 7.99. The van der Waals surface area contributed by atoms with E-state index in [4.69, 9.17) is 4.74 Å². The van der Waals surface area contributed by atoms with E-state index in [-0.39, 0.29) is 23.8 Å². The number of hydrogen-bond acceptors (Lipinski definition) is 6. The highest BCUT2D eigenvalue weighted by atomic mass is 32.2. The van der Waals surface area contributed by atoms with E-state index < -0.39 is 5.54 Å². The number of nitrogens with zero attached hydrogens (tertiary/aromatic N) is 2. The summed E-state index contributed by atoms with van der Waals surface area (Å²) in [5, 5.41) is 4.86. The van der Waals surface area contributed by atoms with Crippen LogP contribution in [0.1, 0.15) is 24.6 Å². The second-order valence-electron chi connectivity index (χ2n) is 10.1. The van der Waals surface area contributed by atoms with Crippen molar-refractivity contribution in [3.8, 4) is 0 Å². The van der Waals surface area contributed by atoms with E-state index in [1.165, 1.54) is 12.1 Å². The average Bonchev–Trinajstić information content (AvgIpc) is 3.40. The van der Waals surface area contributed by atoms with Crippen LogP contribution in [0.3, 0.4) is 0 Å². The van der Waals surface area contributed by atoms with Gasteiger partial charge in [0.2, 0.25) is 0 Å². The molecule has 0 spiro atoms. The fourth-order valence-electron chi connectivity index (χ4n) is 5.85.